The second-order valence-corrected chi connectivity index (χ2v) is 5.09. The smallest absolute Gasteiger partial charge is 0.253 e. The maximum absolute atomic E-state index is 12.8. The number of rotatable bonds is 4. The van der Waals surface area contributed by atoms with Crippen molar-refractivity contribution in [3.8, 4) is 47.9 Å². The molecule has 8 heteroatoms. The fourth-order valence-corrected chi connectivity index (χ4v) is 2.23. The van der Waals surface area contributed by atoms with Gasteiger partial charge >= 0.3 is 0 Å². The second-order valence-electron chi connectivity index (χ2n) is 5.09. The lowest BCUT2D eigenvalue weighted by Gasteiger charge is -2.36. The van der Waals surface area contributed by atoms with Crippen molar-refractivity contribution in [2.45, 2.75) is 25.3 Å². The highest BCUT2D eigenvalue weighted by Gasteiger charge is 2.35. The highest BCUT2D eigenvalue weighted by atomic mass is 16.5. The molecule has 1 heterocycles. The lowest BCUT2D eigenvalue weighted by Crippen LogP contribution is -2.59. The Morgan fingerprint density at radius 1 is 1.27 bits per heavy atom. The van der Waals surface area contributed by atoms with Crippen LogP contribution in [0.2, 0.25) is 0 Å². The number of likely N-dealkylation sites (N-methyl/N-ethyl adjacent to an activating group) is 1. The summed E-state index contributed by atoms with van der Waals surface area (Å²) in [6.45, 7) is 0.507. The largest absolute Gasteiger partial charge is 0.357 e. The van der Waals surface area contributed by atoms with E-state index < -0.39 is 30.2 Å². The number of carbonyl (C=O) groups is 3. The van der Waals surface area contributed by atoms with Gasteiger partial charge in [-0.15, -0.1) is 6.42 Å². The van der Waals surface area contributed by atoms with Crippen LogP contribution in [0.3, 0.4) is 0 Å². The number of nitrogens with one attached hydrogen (secondary N) is 3. The quantitative estimate of drug-likeness (QED) is 0.276. The highest BCUT2D eigenvalue weighted by molar-refractivity contribution is 5.92. The van der Waals surface area contributed by atoms with E-state index in [1.54, 1.807) is 0 Å². The third-order valence-corrected chi connectivity index (χ3v) is 3.42. The number of hydrazine groups is 1. The predicted octanol–water partition coefficient (Wildman–Crippen LogP) is -1.62. The lowest BCUT2D eigenvalue weighted by atomic mass is 10.0. The van der Waals surface area contributed by atoms with Crippen molar-refractivity contribution in [3.05, 3.63) is 0 Å². The van der Waals surface area contributed by atoms with Crippen molar-refractivity contribution in [1.29, 1.82) is 0 Å². The molecule has 0 spiro atoms. The fraction of sp³-hybridized carbons (Fsp3) is 0.389. The first kappa shape index (κ1) is 20.6. The second kappa shape index (κ2) is 11.2. The van der Waals surface area contributed by atoms with Crippen LogP contribution in [0.25, 0.3) is 0 Å². The number of carbonyl (C=O) groups excluding carboxylic acids is 3. The molecule has 1 rings (SSSR count). The SMILES string of the molecule is C#CC#CC#CC#C[C@H](CC(=O)NO)C(=O)N1NCCC[C@H]1C(=O)NC. The topological polar surface area (TPSA) is 111 Å². The summed E-state index contributed by atoms with van der Waals surface area (Å²) in [7, 11) is 1.48. The average Bonchev–Trinajstić information content (AvgIpc) is 2.68. The summed E-state index contributed by atoms with van der Waals surface area (Å²) < 4.78 is 0. The van der Waals surface area contributed by atoms with Crippen LogP contribution in [-0.4, -0.2) is 47.6 Å². The standard InChI is InChI=1S/C18H18N4O4/c1-3-4-5-6-7-8-10-14(13-16(23)21-26)18(25)22-15(17(24)19-2)11-9-12-20-22/h1,14-15,20,26H,9,11-13H2,2H3,(H,19,24)(H,21,23)/t14-,15+/m1/s1. The first-order valence-electron chi connectivity index (χ1n) is 7.72. The van der Waals surface area contributed by atoms with E-state index in [2.05, 4.69) is 52.2 Å². The van der Waals surface area contributed by atoms with Crippen LogP contribution < -0.4 is 16.2 Å². The van der Waals surface area contributed by atoms with Crippen LogP contribution in [0.5, 0.6) is 0 Å². The van der Waals surface area contributed by atoms with Gasteiger partial charge in [0.2, 0.25) is 11.8 Å². The predicted molar refractivity (Wildman–Crippen MR) is 92.1 cm³/mol. The summed E-state index contributed by atoms with van der Waals surface area (Å²) in [6.07, 6.45) is 5.75. The normalized spacial score (nSPS) is 16.0. The molecule has 3 amide bonds. The minimum Gasteiger partial charge on any atom is -0.357 e. The van der Waals surface area contributed by atoms with Crippen LogP contribution >= 0.6 is 0 Å². The Balaban J connectivity index is 3.03. The molecule has 134 valence electrons. The van der Waals surface area contributed by atoms with E-state index in [0.717, 1.165) is 0 Å². The van der Waals surface area contributed by atoms with Crippen LogP contribution in [0.15, 0.2) is 0 Å². The molecule has 8 nitrogen and oxygen atoms in total. The molecule has 0 aromatic rings. The Hall–Kier alpha value is -3.43. The molecule has 1 saturated heterocycles. The van der Waals surface area contributed by atoms with Gasteiger partial charge in [-0.3, -0.25) is 24.6 Å². The maximum Gasteiger partial charge on any atom is 0.253 e. The fourth-order valence-electron chi connectivity index (χ4n) is 2.23. The summed E-state index contributed by atoms with van der Waals surface area (Å²) in [5.74, 6) is 13.7. The Kier molecular flexibility index (Phi) is 8.87. The molecule has 0 saturated carbocycles. The number of hydrogen-bond donors (Lipinski definition) is 4. The summed E-state index contributed by atoms with van der Waals surface area (Å²) in [5.41, 5.74) is 4.31. The van der Waals surface area contributed by atoms with Crippen molar-refractivity contribution in [2.75, 3.05) is 13.6 Å². The summed E-state index contributed by atoms with van der Waals surface area (Å²) in [6, 6.07) is -0.713. The van der Waals surface area contributed by atoms with Crippen LogP contribution in [0.4, 0.5) is 0 Å². The van der Waals surface area contributed by atoms with Gasteiger partial charge in [0.05, 0.1) is 6.42 Å². The van der Waals surface area contributed by atoms with Crippen LogP contribution in [-0.2, 0) is 14.4 Å². The third-order valence-electron chi connectivity index (χ3n) is 3.42. The van der Waals surface area contributed by atoms with E-state index in [4.69, 9.17) is 11.6 Å². The molecule has 4 N–H and O–H groups in total. The van der Waals surface area contributed by atoms with Crippen LogP contribution in [0, 0.1) is 53.8 Å². The van der Waals surface area contributed by atoms with Crippen molar-refractivity contribution in [1.82, 2.24) is 21.2 Å². The molecule has 26 heavy (non-hydrogen) atoms. The number of hydrogen-bond acceptors (Lipinski definition) is 5. The van der Waals surface area contributed by atoms with Crippen molar-refractivity contribution in [2.24, 2.45) is 5.92 Å². The zero-order valence-corrected chi connectivity index (χ0v) is 14.2. The van der Waals surface area contributed by atoms with Gasteiger partial charge in [0.15, 0.2) is 0 Å². The maximum atomic E-state index is 12.8. The van der Waals surface area contributed by atoms with Crippen molar-refractivity contribution >= 4 is 17.7 Å². The third kappa shape index (κ3) is 6.23. The molecule has 0 aliphatic carbocycles. The molecule has 0 unspecified atom stereocenters. The zero-order valence-electron chi connectivity index (χ0n) is 14.2. The Labute approximate surface area is 152 Å². The monoisotopic (exact) mass is 354 g/mol. The molecule has 2 atom stereocenters. The van der Waals surface area contributed by atoms with E-state index in [1.165, 1.54) is 17.5 Å². The van der Waals surface area contributed by atoms with E-state index in [-0.39, 0.29) is 5.91 Å². The number of amides is 3. The minimum absolute atomic E-state index is 0.326. The van der Waals surface area contributed by atoms with Gasteiger partial charge < -0.3 is 5.32 Å². The Morgan fingerprint density at radius 2 is 1.96 bits per heavy atom. The number of nitrogens with zero attached hydrogens (tertiary/aromatic N) is 1. The van der Waals surface area contributed by atoms with Gasteiger partial charge in [-0.05, 0) is 48.4 Å². The molecule has 1 aliphatic heterocycles. The first-order chi connectivity index (χ1) is 12.5. The molecular formula is C18H18N4O4. The van der Waals surface area contributed by atoms with Gasteiger partial charge in [-0.25, -0.2) is 10.9 Å². The minimum atomic E-state index is -1.10. The van der Waals surface area contributed by atoms with Crippen LogP contribution in [0.1, 0.15) is 19.3 Å². The van der Waals surface area contributed by atoms with Crippen molar-refractivity contribution < 1.29 is 19.6 Å². The van der Waals surface area contributed by atoms with E-state index >= 15 is 0 Å². The van der Waals surface area contributed by atoms with Gasteiger partial charge in [0.25, 0.3) is 5.91 Å². The van der Waals surface area contributed by atoms with Gasteiger partial charge in [0.1, 0.15) is 12.0 Å². The number of terminal acetylenes is 1. The summed E-state index contributed by atoms with van der Waals surface area (Å²) in [4.78, 5) is 36.2. The van der Waals surface area contributed by atoms with E-state index in [1.807, 2.05) is 0 Å². The molecule has 1 aliphatic rings. The molecule has 1 fully saturated rings. The molecular weight excluding hydrogens is 336 g/mol. The molecule has 0 radical (unpaired) electrons. The summed E-state index contributed by atoms with van der Waals surface area (Å²) >= 11 is 0. The molecule has 0 aromatic heterocycles. The van der Waals surface area contributed by atoms with E-state index in [0.29, 0.717) is 19.4 Å². The van der Waals surface area contributed by atoms with Crippen molar-refractivity contribution in [3.63, 3.8) is 0 Å². The zero-order chi connectivity index (χ0) is 19.4. The summed E-state index contributed by atoms with van der Waals surface area (Å²) in [5, 5.41) is 12.4. The first-order valence-corrected chi connectivity index (χ1v) is 7.72. The van der Waals surface area contributed by atoms with Gasteiger partial charge in [0, 0.05) is 13.6 Å². The molecule has 0 aromatic carbocycles. The van der Waals surface area contributed by atoms with E-state index in [9.17, 15) is 14.4 Å². The lowest BCUT2D eigenvalue weighted by molar-refractivity contribution is -0.149. The average molecular weight is 354 g/mol. The Bertz CT molecular complexity index is 780. The highest BCUT2D eigenvalue weighted by Crippen LogP contribution is 2.16. The number of hydroxylamine groups is 1. The van der Waals surface area contributed by atoms with Gasteiger partial charge in [-0.2, -0.15) is 0 Å². The molecule has 0 bridgehead atoms. The van der Waals surface area contributed by atoms with Gasteiger partial charge in [-0.1, -0.05) is 5.92 Å². The Morgan fingerprint density at radius 3 is 2.62 bits per heavy atom.